The van der Waals surface area contributed by atoms with Crippen LogP contribution in [0.25, 0.3) is 6.08 Å². The van der Waals surface area contributed by atoms with Crippen LogP contribution in [0, 0.1) is 0 Å². The third kappa shape index (κ3) is 1.80. The molecule has 0 amide bonds. The summed E-state index contributed by atoms with van der Waals surface area (Å²) in [7, 11) is 0. The third-order valence-corrected chi connectivity index (χ3v) is 2.78. The first kappa shape index (κ1) is 10.3. The summed E-state index contributed by atoms with van der Waals surface area (Å²) in [6.07, 6.45) is 3.49. The molecule has 80 valence electrons. The maximum Gasteiger partial charge on any atom is 0.231 e. The molecule has 1 aromatic rings. The Morgan fingerprint density at radius 3 is 3.07 bits per heavy atom. The number of phenols is 1. The van der Waals surface area contributed by atoms with Gasteiger partial charge in [0.05, 0.1) is 0 Å². The molecular formula is C10H10BrNO3. The van der Waals surface area contributed by atoms with Crippen LogP contribution in [0.4, 0.5) is 0 Å². The van der Waals surface area contributed by atoms with Gasteiger partial charge < -0.3 is 20.3 Å². The molecule has 15 heavy (non-hydrogen) atoms. The van der Waals surface area contributed by atoms with Gasteiger partial charge in [0.1, 0.15) is 10.2 Å². The number of rotatable bonds is 2. The predicted molar refractivity (Wildman–Crippen MR) is 60.0 cm³/mol. The van der Waals surface area contributed by atoms with Crippen molar-refractivity contribution in [3.63, 3.8) is 0 Å². The van der Waals surface area contributed by atoms with Crippen LogP contribution in [-0.4, -0.2) is 18.4 Å². The van der Waals surface area contributed by atoms with Gasteiger partial charge in [-0.15, -0.1) is 0 Å². The molecule has 0 unspecified atom stereocenters. The van der Waals surface area contributed by atoms with Crippen molar-refractivity contribution in [2.24, 2.45) is 5.73 Å². The molecule has 0 atom stereocenters. The van der Waals surface area contributed by atoms with Crippen LogP contribution in [0.5, 0.6) is 17.2 Å². The molecule has 2 rings (SSSR count). The molecule has 1 aromatic carbocycles. The highest BCUT2D eigenvalue weighted by molar-refractivity contribution is 9.10. The Hall–Kier alpha value is -1.20. The lowest BCUT2D eigenvalue weighted by atomic mass is 10.1. The molecule has 4 nitrogen and oxygen atoms in total. The molecule has 3 N–H and O–H groups in total. The van der Waals surface area contributed by atoms with Gasteiger partial charge in [0.25, 0.3) is 0 Å². The van der Waals surface area contributed by atoms with Gasteiger partial charge in [0, 0.05) is 12.1 Å². The Balaban J connectivity index is 2.49. The van der Waals surface area contributed by atoms with E-state index in [4.69, 9.17) is 15.2 Å². The highest BCUT2D eigenvalue weighted by Gasteiger charge is 2.21. The average molecular weight is 272 g/mol. The van der Waals surface area contributed by atoms with E-state index in [1.54, 1.807) is 18.2 Å². The predicted octanol–water partition coefficient (Wildman–Crippen LogP) is 1.86. The van der Waals surface area contributed by atoms with Crippen LogP contribution in [0.1, 0.15) is 5.56 Å². The molecule has 1 heterocycles. The van der Waals surface area contributed by atoms with Crippen LogP contribution in [0.3, 0.4) is 0 Å². The van der Waals surface area contributed by atoms with Crippen LogP contribution in [-0.2, 0) is 0 Å². The Labute approximate surface area is 95.4 Å². The maximum absolute atomic E-state index is 9.81. The number of phenolic OH excluding ortho intramolecular Hbond substituents is 1. The normalized spacial score (nSPS) is 13.7. The van der Waals surface area contributed by atoms with Gasteiger partial charge in [-0.1, -0.05) is 12.2 Å². The number of nitrogens with two attached hydrogens (primary N) is 1. The van der Waals surface area contributed by atoms with E-state index in [-0.39, 0.29) is 12.5 Å². The van der Waals surface area contributed by atoms with Crippen molar-refractivity contribution >= 4 is 22.0 Å². The fourth-order valence-corrected chi connectivity index (χ4v) is 1.87. The minimum atomic E-state index is 0.129. The minimum Gasteiger partial charge on any atom is -0.506 e. The van der Waals surface area contributed by atoms with E-state index in [2.05, 4.69) is 15.9 Å². The Morgan fingerprint density at radius 1 is 1.53 bits per heavy atom. The second kappa shape index (κ2) is 4.12. The summed E-state index contributed by atoms with van der Waals surface area (Å²) in [6.45, 7) is 0.600. The molecule has 0 bridgehead atoms. The molecule has 5 heteroatoms. The summed E-state index contributed by atoms with van der Waals surface area (Å²) < 4.78 is 10.9. The summed E-state index contributed by atoms with van der Waals surface area (Å²) in [5.41, 5.74) is 5.99. The largest absolute Gasteiger partial charge is 0.506 e. The van der Waals surface area contributed by atoms with Gasteiger partial charge >= 0.3 is 0 Å². The van der Waals surface area contributed by atoms with E-state index in [9.17, 15) is 5.11 Å². The third-order valence-electron chi connectivity index (χ3n) is 2.04. The second-order valence-corrected chi connectivity index (χ2v) is 3.79. The number of hydrogen-bond acceptors (Lipinski definition) is 4. The summed E-state index contributed by atoms with van der Waals surface area (Å²) >= 11 is 3.25. The van der Waals surface area contributed by atoms with Crippen molar-refractivity contribution in [1.29, 1.82) is 0 Å². The van der Waals surface area contributed by atoms with Crippen LogP contribution in [0.2, 0.25) is 0 Å². The van der Waals surface area contributed by atoms with Gasteiger partial charge in [0.15, 0.2) is 11.5 Å². The van der Waals surface area contributed by atoms with Gasteiger partial charge in [-0.3, -0.25) is 0 Å². The number of hydrogen-bond donors (Lipinski definition) is 2. The van der Waals surface area contributed by atoms with Crippen molar-refractivity contribution < 1.29 is 14.6 Å². The van der Waals surface area contributed by atoms with Crippen molar-refractivity contribution in [1.82, 2.24) is 0 Å². The fraction of sp³-hybridized carbons (Fsp3) is 0.200. The van der Waals surface area contributed by atoms with Gasteiger partial charge in [0.2, 0.25) is 6.79 Å². The van der Waals surface area contributed by atoms with E-state index in [0.29, 0.717) is 28.1 Å². The van der Waals surface area contributed by atoms with Gasteiger partial charge in [-0.05, 0) is 22.0 Å². The summed E-state index contributed by atoms with van der Waals surface area (Å²) in [5, 5.41) is 9.81. The summed E-state index contributed by atoms with van der Waals surface area (Å²) in [6, 6.07) is 1.72. The second-order valence-electron chi connectivity index (χ2n) is 3.00. The van der Waals surface area contributed by atoms with E-state index in [1.165, 1.54) is 0 Å². The zero-order valence-electron chi connectivity index (χ0n) is 7.87. The Morgan fingerprint density at radius 2 is 2.33 bits per heavy atom. The van der Waals surface area contributed by atoms with Crippen LogP contribution in [0.15, 0.2) is 16.6 Å². The maximum atomic E-state index is 9.81. The SMILES string of the molecule is NC/C=C/c1cc2c(c(Br)c1O)OCO2. The van der Waals surface area contributed by atoms with Crippen molar-refractivity contribution in [3.8, 4) is 17.2 Å². The molecule has 0 aliphatic carbocycles. The minimum absolute atomic E-state index is 0.129. The number of fused-ring (bicyclic) bond motifs is 1. The zero-order chi connectivity index (χ0) is 10.8. The van der Waals surface area contributed by atoms with Crippen LogP contribution < -0.4 is 15.2 Å². The lowest BCUT2D eigenvalue weighted by Crippen LogP contribution is -1.93. The zero-order valence-corrected chi connectivity index (χ0v) is 9.45. The number of halogens is 1. The Bertz CT molecular complexity index is 418. The molecule has 0 aromatic heterocycles. The van der Waals surface area contributed by atoms with Crippen LogP contribution >= 0.6 is 15.9 Å². The standard InChI is InChI=1S/C10H10BrNO3/c11-8-9(13)6(2-1-3-12)4-7-10(8)15-5-14-7/h1-2,4,13H,3,5,12H2/b2-1+. The van der Waals surface area contributed by atoms with E-state index in [0.717, 1.165) is 0 Å². The molecule has 0 radical (unpaired) electrons. The number of benzene rings is 1. The molecule has 0 saturated heterocycles. The van der Waals surface area contributed by atoms with E-state index < -0.39 is 0 Å². The Kier molecular flexibility index (Phi) is 2.83. The quantitative estimate of drug-likeness (QED) is 0.862. The number of aromatic hydroxyl groups is 1. The van der Waals surface area contributed by atoms with Crippen molar-refractivity contribution in [2.75, 3.05) is 13.3 Å². The average Bonchev–Trinajstić information content (AvgIpc) is 2.69. The highest BCUT2D eigenvalue weighted by Crippen LogP contribution is 2.46. The molecule has 0 fully saturated rings. The monoisotopic (exact) mass is 271 g/mol. The molecule has 0 spiro atoms. The summed E-state index contributed by atoms with van der Waals surface area (Å²) in [5.74, 6) is 1.29. The fourth-order valence-electron chi connectivity index (χ4n) is 1.33. The first-order chi connectivity index (χ1) is 7.24. The number of ether oxygens (including phenoxy) is 2. The first-order valence-corrected chi connectivity index (χ1v) is 5.21. The van der Waals surface area contributed by atoms with Gasteiger partial charge in [-0.2, -0.15) is 0 Å². The summed E-state index contributed by atoms with van der Waals surface area (Å²) in [4.78, 5) is 0. The van der Waals surface area contributed by atoms with Crippen molar-refractivity contribution in [3.05, 3.63) is 22.2 Å². The lowest BCUT2D eigenvalue weighted by Gasteiger charge is -2.05. The first-order valence-electron chi connectivity index (χ1n) is 4.41. The molecular weight excluding hydrogens is 262 g/mol. The molecule has 1 aliphatic heterocycles. The topological polar surface area (TPSA) is 64.7 Å². The van der Waals surface area contributed by atoms with E-state index in [1.807, 2.05) is 0 Å². The van der Waals surface area contributed by atoms with Crippen molar-refractivity contribution in [2.45, 2.75) is 0 Å². The van der Waals surface area contributed by atoms with Gasteiger partial charge in [-0.25, -0.2) is 0 Å². The molecule has 1 aliphatic rings. The lowest BCUT2D eigenvalue weighted by molar-refractivity contribution is 0.173. The highest BCUT2D eigenvalue weighted by atomic mass is 79.9. The molecule has 0 saturated carbocycles. The smallest absolute Gasteiger partial charge is 0.231 e. The van der Waals surface area contributed by atoms with E-state index >= 15 is 0 Å².